The van der Waals surface area contributed by atoms with Crippen molar-refractivity contribution in [2.24, 2.45) is 11.8 Å². The van der Waals surface area contributed by atoms with E-state index in [-0.39, 0.29) is 0 Å². The topological polar surface area (TPSA) is 12.5 Å². The second kappa shape index (κ2) is 7.53. The molecule has 0 saturated heterocycles. The molecule has 3 heteroatoms. The van der Waals surface area contributed by atoms with E-state index in [1.165, 1.54) is 19.3 Å². The van der Waals surface area contributed by atoms with E-state index in [9.17, 15) is 0 Å². The van der Waals surface area contributed by atoms with Gasteiger partial charge >= 0.3 is 0 Å². The zero-order chi connectivity index (χ0) is 11.1. The van der Waals surface area contributed by atoms with Crippen LogP contribution in [0, 0.1) is 11.8 Å². The van der Waals surface area contributed by atoms with Crippen LogP contribution in [0.5, 0.6) is 0 Å². The third kappa shape index (κ3) is 6.44. The van der Waals surface area contributed by atoms with E-state index in [0.29, 0.717) is 0 Å². The molecule has 1 atom stereocenters. The number of ether oxygens (including phenoxy) is 1. The molecule has 0 aliphatic heterocycles. The van der Waals surface area contributed by atoms with Gasteiger partial charge in [0, 0.05) is 19.7 Å². The van der Waals surface area contributed by atoms with Crippen molar-refractivity contribution < 1.29 is 4.74 Å². The van der Waals surface area contributed by atoms with E-state index >= 15 is 0 Å². The first-order valence-corrected chi connectivity index (χ1v) is 6.76. The molecule has 0 bridgehead atoms. The first kappa shape index (κ1) is 13.3. The summed E-state index contributed by atoms with van der Waals surface area (Å²) in [5.41, 5.74) is 0. The molecule has 0 amide bonds. The molecule has 1 unspecified atom stereocenters. The van der Waals surface area contributed by atoms with E-state index in [1.54, 1.807) is 0 Å². The lowest BCUT2D eigenvalue weighted by atomic mass is 10.1. The van der Waals surface area contributed by atoms with Gasteiger partial charge in [0.25, 0.3) is 0 Å². The second-order valence-electron chi connectivity index (χ2n) is 4.74. The molecular formula is C12H25NOS. The Morgan fingerprint density at radius 1 is 1.47 bits per heavy atom. The van der Waals surface area contributed by atoms with Gasteiger partial charge in [-0.3, -0.25) is 0 Å². The van der Waals surface area contributed by atoms with Gasteiger partial charge < -0.3 is 9.64 Å². The summed E-state index contributed by atoms with van der Waals surface area (Å²) >= 11 is 4.36. The molecule has 0 aromatic carbocycles. The van der Waals surface area contributed by atoms with Gasteiger partial charge in [-0.15, -0.1) is 0 Å². The third-order valence-corrected chi connectivity index (χ3v) is 3.59. The predicted molar refractivity (Wildman–Crippen MR) is 68.7 cm³/mol. The fraction of sp³-hybridized carbons (Fsp3) is 1.00. The van der Waals surface area contributed by atoms with Gasteiger partial charge in [0.05, 0.1) is 6.61 Å². The molecule has 90 valence electrons. The zero-order valence-corrected chi connectivity index (χ0v) is 11.0. The van der Waals surface area contributed by atoms with Crippen LogP contribution in [0.15, 0.2) is 0 Å². The van der Waals surface area contributed by atoms with Gasteiger partial charge in [-0.1, -0.05) is 13.3 Å². The van der Waals surface area contributed by atoms with Crippen LogP contribution in [0.4, 0.5) is 0 Å². The molecule has 1 aliphatic rings. The van der Waals surface area contributed by atoms with Crippen molar-refractivity contribution in [3.63, 3.8) is 0 Å². The minimum Gasteiger partial charge on any atom is -0.380 e. The highest BCUT2D eigenvalue weighted by atomic mass is 32.1. The van der Waals surface area contributed by atoms with Crippen molar-refractivity contribution >= 4 is 12.6 Å². The Kier molecular flexibility index (Phi) is 6.69. The maximum atomic E-state index is 5.62. The molecule has 0 aromatic heterocycles. The maximum Gasteiger partial charge on any atom is 0.0593 e. The van der Waals surface area contributed by atoms with E-state index in [1.807, 2.05) is 0 Å². The highest BCUT2D eigenvalue weighted by Crippen LogP contribution is 2.28. The van der Waals surface area contributed by atoms with Crippen molar-refractivity contribution in [2.45, 2.75) is 26.2 Å². The Bertz CT molecular complexity index is 158. The van der Waals surface area contributed by atoms with Crippen molar-refractivity contribution in [3.8, 4) is 0 Å². The Balaban J connectivity index is 1.93. The van der Waals surface area contributed by atoms with Crippen molar-refractivity contribution in [2.75, 3.05) is 39.1 Å². The van der Waals surface area contributed by atoms with Crippen LogP contribution >= 0.6 is 12.6 Å². The fourth-order valence-electron chi connectivity index (χ4n) is 1.60. The standard InChI is InChI=1S/C12H25NOS/c1-3-11(10-15)8-13(2)6-7-14-9-12-4-5-12/h11-12,15H,3-10H2,1-2H3. The molecule has 1 aliphatic carbocycles. The molecule has 0 aromatic rings. The summed E-state index contributed by atoms with van der Waals surface area (Å²) in [7, 11) is 2.17. The summed E-state index contributed by atoms with van der Waals surface area (Å²) in [6, 6.07) is 0. The molecule has 15 heavy (non-hydrogen) atoms. The number of rotatable bonds is 9. The molecule has 2 nitrogen and oxygen atoms in total. The monoisotopic (exact) mass is 231 g/mol. The summed E-state index contributed by atoms with van der Waals surface area (Å²) in [6.45, 7) is 6.30. The Morgan fingerprint density at radius 2 is 2.20 bits per heavy atom. The number of nitrogens with zero attached hydrogens (tertiary/aromatic N) is 1. The molecule has 0 spiro atoms. The summed E-state index contributed by atoms with van der Waals surface area (Å²) < 4.78 is 5.62. The van der Waals surface area contributed by atoms with Crippen LogP contribution in [0.3, 0.4) is 0 Å². The van der Waals surface area contributed by atoms with Crippen LogP contribution in [0.25, 0.3) is 0 Å². The second-order valence-corrected chi connectivity index (χ2v) is 5.10. The highest BCUT2D eigenvalue weighted by Gasteiger charge is 2.20. The normalized spacial score (nSPS) is 18.4. The largest absolute Gasteiger partial charge is 0.380 e. The minimum absolute atomic E-state index is 0.724. The minimum atomic E-state index is 0.724. The van der Waals surface area contributed by atoms with Crippen LogP contribution < -0.4 is 0 Å². The lowest BCUT2D eigenvalue weighted by molar-refractivity contribution is 0.0998. The zero-order valence-electron chi connectivity index (χ0n) is 10.1. The highest BCUT2D eigenvalue weighted by molar-refractivity contribution is 7.80. The van der Waals surface area contributed by atoms with E-state index in [0.717, 1.165) is 43.9 Å². The van der Waals surface area contributed by atoms with Gasteiger partial charge in [-0.2, -0.15) is 12.6 Å². The van der Waals surface area contributed by atoms with Crippen molar-refractivity contribution in [1.29, 1.82) is 0 Å². The van der Waals surface area contributed by atoms with Crippen LogP contribution in [0.1, 0.15) is 26.2 Å². The summed E-state index contributed by atoms with van der Waals surface area (Å²) in [6.07, 6.45) is 3.98. The van der Waals surface area contributed by atoms with Gasteiger partial charge in [0.1, 0.15) is 0 Å². The molecular weight excluding hydrogens is 206 g/mol. The summed E-state index contributed by atoms with van der Waals surface area (Å²) in [5.74, 6) is 2.60. The Labute approximate surface area is 99.8 Å². The first-order chi connectivity index (χ1) is 7.26. The van der Waals surface area contributed by atoms with Crippen LogP contribution in [0.2, 0.25) is 0 Å². The number of thiol groups is 1. The van der Waals surface area contributed by atoms with Crippen molar-refractivity contribution in [1.82, 2.24) is 4.90 Å². The van der Waals surface area contributed by atoms with Gasteiger partial charge in [-0.05, 0) is 37.5 Å². The van der Waals surface area contributed by atoms with E-state index < -0.39 is 0 Å². The average Bonchev–Trinajstić information content (AvgIpc) is 3.05. The van der Waals surface area contributed by atoms with Gasteiger partial charge in [0.15, 0.2) is 0 Å². The third-order valence-electron chi connectivity index (χ3n) is 3.07. The smallest absolute Gasteiger partial charge is 0.0593 e. The molecule has 0 radical (unpaired) electrons. The predicted octanol–water partition coefficient (Wildman–Crippen LogP) is 2.30. The van der Waals surface area contributed by atoms with Gasteiger partial charge in [-0.25, -0.2) is 0 Å². The van der Waals surface area contributed by atoms with Crippen molar-refractivity contribution in [3.05, 3.63) is 0 Å². The van der Waals surface area contributed by atoms with Gasteiger partial charge in [0.2, 0.25) is 0 Å². The molecule has 1 rings (SSSR count). The average molecular weight is 231 g/mol. The SMILES string of the molecule is CCC(CS)CN(C)CCOCC1CC1. The quantitative estimate of drug-likeness (QED) is 0.483. The Hall–Kier alpha value is 0.270. The number of likely N-dealkylation sites (N-methyl/N-ethyl adjacent to an activating group) is 1. The van der Waals surface area contributed by atoms with E-state index in [4.69, 9.17) is 4.74 Å². The fourth-order valence-corrected chi connectivity index (χ4v) is 1.98. The summed E-state index contributed by atoms with van der Waals surface area (Å²) in [4.78, 5) is 2.36. The maximum absolute atomic E-state index is 5.62. The summed E-state index contributed by atoms with van der Waals surface area (Å²) in [5, 5.41) is 0. The molecule has 1 fully saturated rings. The molecule has 0 heterocycles. The number of hydrogen-bond acceptors (Lipinski definition) is 3. The lowest BCUT2D eigenvalue weighted by Crippen LogP contribution is -2.29. The first-order valence-electron chi connectivity index (χ1n) is 6.13. The lowest BCUT2D eigenvalue weighted by Gasteiger charge is -2.21. The Morgan fingerprint density at radius 3 is 2.73 bits per heavy atom. The van der Waals surface area contributed by atoms with E-state index in [2.05, 4.69) is 31.5 Å². The van der Waals surface area contributed by atoms with Crippen LogP contribution in [-0.2, 0) is 4.74 Å². The number of hydrogen-bond donors (Lipinski definition) is 1. The molecule has 1 saturated carbocycles. The van der Waals surface area contributed by atoms with Crippen LogP contribution in [-0.4, -0.2) is 44.0 Å². The molecule has 0 N–H and O–H groups in total.